The Bertz CT molecular complexity index is 316. The summed E-state index contributed by atoms with van der Waals surface area (Å²) in [5, 5.41) is 26.6. The van der Waals surface area contributed by atoms with Crippen molar-refractivity contribution in [2.24, 2.45) is 0 Å². The van der Waals surface area contributed by atoms with E-state index in [2.05, 4.69) is 0 Å². The molecule has 0 saturated carbocycles. The highest BCUT2D eigenvalue weighted by Crippen LogP contribution is 2.31. The fourth-order valence-electron chi connectivity index (χ4n) is 1.47. The molecule has 0 unspecified atom stereocenters. The van der Waals surface area contributed by atoms with E-state index in [0.717, 1.165) is 10.6 Å². The maximum Gasteiger partial charge on any atom is 0.0606 e. The van der Waals surface area contributed by atoms with Crippen LogP contribution in [-0.2, 0) is 0 Å². The second-order valence-corrected chi connectivity index (χ2v) is 6.05. The van der Waals surface area contributed by atoms with Crippen LogP contribution in [0.25, 0.3) is 0 Å². The van der Waals surface area contributed by atoms with Gasteiger partial charge in [-0.2, -0.15) is 0 Å². The lowest BCUT2D eigenvalue weighted by molar-refractivity contribution is 0.281. The van der Waals surface area contributed by atoms with Gasteiger partial charge < -0.3 is 20.2 Å². The highest BCUT2D eigenvalue weighted by molar-refractivity contribution is 8.76. The minimum absolute atomic E-state index is 0.0723. The Morgan fingerprint density at radius 1 is 0.889 bits per heavy atom. The van der Waals surface area contributed by atoms with Gasteiger partial charge in [0, 0.05) is 29.4 Å². The van der Waals surface area contributed by atoms with Crippen LogP contribution in [0.1, 0.15) is 0 Å². The van der Waals surface area contributed by atoms with E-state index in [4.69, 9.17) is 15.3 Å². The van der Waals surface area contributed by atoms with Crippen LogP contribution in [0, 0.1) is 0 Å². The van der Waals surface area contributed by atoms with Crippen LogP contribution in [0.5, 0.6) is 0 Å². The quantitative estimate of drug-likeness (QED) is 0.469. The van der Waals surface area contributed by atoms with Crippen molar-refractivity contribution in [1.82, 2.24) is 0 Å². The van der Waals surface area contributed by atoms with Crippen molar-refractivity contribution in [2.45, 2.75) is 4.90 Å². The molecule has 1 aromatic rings. The number of nitrogens with zero attached hydrogens (tertiary/aromatic N) is 1. The molecule has 0 fully saturated rings. The van der Waals surface area contributed by atoms with Crippen molar-refractivity contribution < 1.29 is 15.3 Å². The molecule has 0 spiro atoms. The predicted molar refractivity (Wildman–Crippen MR) is 78.2 cm³/mol. The van der Waals surface area contributed by atoms with Gasteiger partial charge in [0.05, 0.1) is 19.8 Å². The van der Waals surface area contributed by atoms with Crippen molar-refractivity contribution in [3.63, 3.8) is 0 Å². The summed E-state index contributed by atoms with van der Waals surface area (Å²) in [5.41, 5.74) is 0.995. The van der Waals surface area contributed by atoms with E-state index < -0.39 is 0 Å². The fraction of sp³-hybridized carbons (Fsp3) is 0.500. The number of hydrogen-bond acceptors (Lipinski definition) is 6. The van der Waals surface area contributed by atoms with Crippen LogP contribution in [-0.4, -0.2) is 54.0 Å². The molecule has 0 aliphatic rings. The van der Waals surface area contributed by atoms with Gasteiger partial charge in [-0.1, -0.05) is 21.6 Å². The smallest absolute Gasteiger partial charge is 0.0606 e. The van der Waals surface area contributed by atoms with Gasteiger partial charge in [-0.3, -0.25) is 0 Å². The standard InChI is InChI=1S/C12H19NO3S2/c14-7-5-13(6-8-15)11-1-3-12(4-2-11)18-17-10-9-16/h1-4,14-16H,5-10H2. The van der Waals surface area contributed by atoms with E-state index in [1.165, 1.54) is 0 Å². The van der Waals surface area contributed by atoms with Gasteiger partial charge in [0.15, 0.2) is 0 Å². The van der Waals surface area contributed by atoms with Crippen LogP contribution in [0.4, 0.5) is 5.69 Å². The van der Waals surface area contributed by atoms with Crippen molar-refractivity contribution in [1.29, 1.82) is 0 Å². The third-order valence-corrected chi connectivity index (χ3v) is 4.63. The number of aliphatic hydroxyl groups is 3. The van der Waals surface area contributed by atoms with Gasteiger partial charge >= 0.3 is 0 Å². The lowest BCUT2D eigenvalue weighted by atomic mass is 10.3. The van der Waals surface area contributed by atoms with E-state index in [1.807, 2.05) is 29.2 Å². The van der Waals surface area contributed by atoms with Crippen LogP contribution >= 0.6 is 21.6 Å². The summed E-state index contributed by atoms with van der Waals surface area (Å²) in [4.78, 5) is 3.07. The second kappa shape index (κ2) is 9.52. The molecular weight excluding hydrogens is 270 g/mol. The summed E-state index contributed by atoms with van der Waals surface area (Å²) in [5.74, 6) is 0.716. The molecule has 0 heterocycles. The van der Waals surface area contributed by atoms with Crippen LogP contribution in [0.15, 0.2) is 29.2 Å². The molecule has 0 aliphatic carbocycles. The molecule has 1 rings (SSSR count). The van der Waals surface area contributed by atoms with Crippen molar-refractivity contribution >= 4 is 27.3 Å². The largest absolute Gasteiger partial charge is 0.395 e. The summed E-state index contributed by atoms with van der Waals surface area (Å²) < 4.78 is 0. The molecule has 1 aromatic carbocycles. The van der Waals surface area contributed by atoms with Crippen LogP contribution < -0.4 is 4.90 Å². The van der Waals surface area contributed by atoms with Crippen molar-refractivity contribution in [3.8, 4) is 0 Å². The summed E-state index contributed by atoms with van der Waals surface area (Å²) in [6.07, 6.45) is 0. The molecule has 102 valence electrons. The number of aliphatic hydroxyl groups excluding tert-OH is 3. The Balaban J connectivity index is 2.56. The van der Waals surface area contributed by atoms with Crippen LogP contribution in [0.2, 0.25) is 0 Å². The highest BCUT2D eigenvalue weighted by atomic mass is 33.1. The van der Waals surface area contributed by atoms with Gasteiger partial charge in [-0.25, -0.2) is 0 Å². The Morgan fingerprint density at radius 2 is 1.50 bits per heavy atom. The SMILES string of the molecule is OCCSSc1ccc(N(CCO)CCO)cc1. The lowest BCUT2D eigenvalue weighted by Crippen LogP contribution is -2.29. The van der Waals surface area contributed by atoms with Gasteiger partial charge in [-0.05, 0) is 24.3 Å². The highest BCUT2D eigenvalue weighted by Gasteiger charge is 2.05. The molecule has 18 heavy (non-hydrogen) atoms. The Morgan fingerprint density at radius 3 is 2.00 bits per heavy atom. The number of hydrogen-bond donors (Lipinski definition) is 3. The average molecular weight is 289 g/mol. The molecule has 0 saturated heterocycles. The molecule has 0 aromatic heterocycles. The number of anilines is 1. The van der Waals surface area contributed by atoms with E-state index in [-0.39, 0.29) is 19.8 Å². The summed E-state index contributed by atoms with van der Waals surface area (Å²) in [6, 6.07) is 7.97. The first kappa shape index (κ1) is 15.7. The molecule has 0 radical (unpaired) electrons. The topological polar surface area (TPSA) is 63.9 Å². The molecule has 3 N–H and O–H groups in total. The molecule has 0 amide bonds. The first-order chi connectivity index (χ1) is 8.81. The maximum absolute atomic E-state index is 8.97. The zero-order valence-electron chi connectivity index (χ0n) is 10.2. The molecule has 0 aliphatic heterocycles. The minimum Gasteiger partial charge on any atom is -0.395 e. The number of benzene rings is 1. The van der Waals surface area contributed by atoms with E-state index in [1.54, 1.807) is 21.6 Å². The molecule has 6 heteroatoms. The van der Waals surface area contributed by atoms with Gasteiger partial charge in [0.2, 0.25) is 0 Å². The minimum atomic E-state index is 0.0723. The average Bonchev–Trinajstić information content (AvgIpc) is 2.40. The van der Waals surface area contributed by atoms with E-state index in [0.29, 0.717) is 18.8 Å². The summed E-state index contributed by atoms with van der Waals surface area (Å²) in [6.45, 7) is 1.38. The third-order valence-electron chi connectivity index (χ3n) is 2.27. The lowest BCUT2D eigenvalue weighted by Gasteiger charge is -2.23. The van der Waals surface area contributed by atoms with E-state index >= 15 is 0 Å². The molecular formula is C12H19NO3S2. The first-order valence-electron chi connectivity index (χ1n) is 5.79. The van der Waals surface area contributed by atoms with Gasteiger partial charge in [0.1, 0.15) is 0 Å². The monoisotopic (exact) mass is 289 g/mol. The summed E-state index contributed by atoms with van der Waals surface area (Å²) in [7, 11) is 3.25. The normalized spacial score (nSPS) is 10.6. The molecule has 4 nitrogen and oxygen atoms in total. The molecule has 0 bridgehead atoms. The van der Waals surface area contributed by atoms with Crippen molar-refractivity contribution in [2.75, 3.05) is 43.6 Å². The van der Waals surface area contributed by atoms with E-state index in [9.17, 15) is 0 Å². The van der Waals surface area contributed by atoms with Gasteiger partial charge in [-0.15, -0.1) is 0 Å². The first-order valence-corrected chi connectivity index (χ1v) is 8.10. The third kappa shape index (κ3) is 5.49. The Hall–Kier alpha value is -0.400. The zero-order chi connectivity index (χ0) is 13.2. The maximum atomic E-state index is 8.97. The predicted octanol–water partition coefficient (Wildman–Crippen LogP) is 1.21. The Labute approximate surface area is 115 Å². The van der Waals surface area contributed by atoms with Crippen molar-refractivity contribution in [3.05, 3.63) is 24.3 Å². The molecule has 0 atom stereocenters. The zero-order valence-corrected chi connectivity index (χ0v) is 11.8. The van der Waals surface area contributed by atoms with Gasteiger partial charge in [0.25, 0.3) is 0 Å². The second-order valence-electron chi connectivity index (χ2n) is 3.56. The Kier molecular flexibility index (Phi) is 8.28. The summed E-state index contributed by atoms with van der Waals surface area (Å²) >= 11 is 0. The van der Waals surface area contributed by atoms with Crippen LogP contribution in [0.3, 0.4) is 0 Å². The number of rotatable bonds is 9. The fourth-order valence-corrected chi connectivity index (χ4v) is 3.23.